The summed E-state index contributed by atoms with van der Waals surface area (Å²) in [5.41, 5.74) is 5.36. The lowest BCUT2D eigenvalue weighted by atomic mass is 10.2. The molecule has 1 rings (SSSR count). The first-order chi connectivity index (χ1) is 7.80. The Morgan fingerprint density at radius 1 is 1.47 bits per heavy atom. The van der Waals surface area contributed by atoms with Gasteiger partial charge in [0.1, 0.15) is 5.76 Å². The van der Waals surface area contributed by atoms with Crippen LogP contribution in [0.25, 0.3) is 0 Å². The molecule has 0 spiro atoms. The second kappa shape index (κ2) is 5.43. The molecule has 7 heteroatoms. The Labute approximate surface area is 106 Å². The summed E-state index contributed by atoms with van der Waals surface area (Å²) in [7, 11) is -3.58. The Morgan fingerprint density at radius 3 is 2.59 bits per heavy atom. The van der Waals surface area contributed by atoms with Crippen molar-refractivity contribution in [2.75, 3.05) is 12.8 Å². The van der Waals surface area contributed by atoms with Crippen molar-refractivity contribution in [3.63, 3.8) is 0 Å². The van der Waals surface area contributed by atoms with Gasteiger partial charge < -0.3 is 10.2 Å². The highest BCUT2D eigenvalue weighted by atomic mass is 32.2. The van der Waals surface area contributed by atoms with Crippen molar-refractivity contribution in [1.82, 2.24) is 4.72 Å². The van der Waals surface area contributed by atoms with E-state index in [0.717, 1.165) is 0 Å². The van der Waals surface area contributed by atoms with Crippen LogP contribution in [0, 0.1) is 0 Å². The van der Waals surface area contributed by atoms with E-state index in [1.54, 1.807) is 17.8 Å². The fourth-order valence-corrected chi connectivity index (χ4v) is 2.49. The molecule has 0 amide bonds. The third-order valence-corrected chi connectivity index (χ3v) is 4.87. The van der Waals surface area contributed by atoms with Crippen molar-refractivity contribution in [2.24, 2.45) is 5.73 Å². The van der Waals surface area contributed by atoms with E-state index in [1.165, 1.54) is 6.07 Å². The highest BCUT2D eigenvalue weighted by molar-refractivity contribution is 8.00. The zero-order valence-corrected chi connectivity index (χ0v) is 11.8. The molecule has 1 heterocycles. The highest BCUT2D eigenvalue weighted by Gasteiger charge is 2.23. The normalized spacial score (nSPS) is 12.9. The summed E-state index contributed by atoms with van der Waals surface area (Å²) in [6, 6.07) is 2.98. The van der Waals surface area contributed by atoms with Crippen molar-refractivity contribution in [3.05, 3.63) is 17.9 Å². The van der Waals surface area contributed by atoms with Gasteiger partial charge in [0.05, 0.1) is 6.54 Å². The number of thioether (sulfide) groups is 1. The maximum Gasteiger partial charge on any atom is 0.274 e. The van der Waals surface area contributed by atoms with E-state index in [9.17, 15) is 8.42 Å². The summed E-state index contributed by atoms with van der Waals surface area (Å²) in [6.07, 6.45) is 1.94. The van der Waals surface area contributed by atoms with Crippen LogP contribution in [0.15, 0.2) is 21.6 Å². The Bertz CT molecular complexity index is 466. The number of sulfonamides is 1. The maximum absolute atomic E-state index is 11.9. The van der Waals surface area contributed by atoms with Gasteiger partial charge in [0.15, 0.2) is 0 Å². The quantitative estimate of drug-likeness (QED) is 0.815. The summed E-state index contributed by atoms with van der Waals surface area (Å²) < 4.78 is 31.2. The summed E-state index contributed by atoms with van der Waals surface area (Å²) >= 11 is 1.60. The molecule has 0 radical (unpaired) electrons. The predicted molar refractivity (Wildman–Crippen MR) is 69.4 cm³/mol. The van der Waals surface area contributed by atoms with Gasteiger partial charge in [0.25, 0.3) is 10.0 Å². The number of nitrogens with one attached hydrogen (secondary N) is 1. The molecule has 0 aliphatic rings. The molecular formula is C10H18N2O3S2. The zero-order valence-electron chi connectivity index (χ0n) is 10.2. The van der Waals surface area contributed by atoms with Crippen LogP contribution in [0.3, 0.4) is 0 Å². The molecule has 1 aromatic heterocycles. The van der Waals surface area contributed by atoms with Gasteiger partial charge in [-0.15, -0.1) is 0 Å². The SMILES string of the molecule is CSC(C)(C)CNS(=O)(=O)c1ccc(CN)o1. The molecule has 0 unspecified atom stereocenters. The van der Waals surface area contributed by atoms with E-state index in [2.05, 4.69) is 4.72 Å². The molecule has 3 N–H and O–H groups in total. The lowest BCUT2D eigenvalue weighted by Gasteiger charge is -2.21. The van der Waals surface area contributed by atoms with Gasteiger partial charge in [0.2, 0.25) is 5.09 Å². The Hall–Kier alpha value is -0.500. The van der Waals surface area contributed by atoms with Gasteiger partial charge in [0, 0.05) is 11.3 Å². The third-order valence-electron chi connectivity index (χ3n) is 2.34. The van der Waals surface area contributed by atoms with E-state index in [0.29, 0.717) is 12.3 Å². The van der Waals surface area contributed by atoms with Crippen molar-refractivity contribution in [3.8, 4) is 0 Å². The van der Waals surface area contributed by atoms with Crippen LogP contribution in [-0.2, 0) is 16.6 Å². The van der Waals surface area contributed by atoms with Crippen LogP contribution in [0.4, 0.5) is 0 Å². The molecule has 1 aromatic rings. The first-order valence-electron chi connectivity index (χ1n) is 5.14. The van der Waals surface area contributed by atoms with Gasteiger partial charge in [-0.25, -0.2) is 13.1 Å². The average Bonchev–Trinajstić information content (AvgIpc) is 2.76. The first kappa shape index (κ1) is 14.6. The standard InChI is InChI=1S/C10H18N2O3S2/c1-10(2,16-3)7-12-17(13,14)9-5-4-8(6-11)15-9/h4-5,12H,6-7,11H2,1-3H3. The molecule has 0 fully saturated rings. The monoisotopic (exact) mass is 278 g/mol. The molecule has 0 atom stereocenters. The Kier molecular flexibility index (Phi) is 4.65. The van der Waals surface area contributed by atoms with Crippen LogP contribution >= 0.6 is 11.8 Å². The number of hydrogen-bond donors (Lipinski definition) is 2. The molecule has 0 bridgehead atoms. The van der Waals surface area contributed by atoms with E-state index in [4.69, 9.17) is 10.2 Å². The molecule has 0 saturated heterocycles. The summed E-state index contributed by atoms with van der Waals surface area (Å²) in [4.78, 5) is 0. The smallest absolute Gasteiger partial charge is 0.274 e. The van der Waals surface area contributed by atoms with Crippen LogP contribution < -0.4 is 10.5 Å². The Balaban J connectivity index is 2.76. The summed E-state index contributed by atoms with van der Waals surface area (Å²) in [5.74, 6) is 0.453. The highest BCUT2D eigenvalue weighted by Crippen LogP contribution is 2.21. The maximum atomic E-state index is 11.9. The van der Waals surface area contributed by atoms with E-state index < -0.39 is 10.0 Å². The van der Waals surface area contributed by atoms with Crippen molar-refractivity contribution in [1.29, 1.82) is 0 Å². The third kappa shape index (κ3) is 4.02. The minimum Gasteiger partial charge on any atom is -0.447 e. The number of nitrogens with two attached hydrogens (primary N) is 1. The first-order valence-corrected chi connectivity index (χ1v) is 7.85. The summed E-state index contributed by atoms with van der Waals surface area (Å²) in [6.45, 7) is 4.46. The van der Waals surface area contributed by atoms with Crippen LogP contribution in [0.5, 0.6) is 0 Å². The Morgan fingerprint density at radius 2 is 2.12 bits per heavy atom. The molecule has 0 aliphatic carbocycles. The van der Waals surface area contributed by atoms with Crippen LogP contribution in [-0.4, -0.2) is 26.0 Å². The molecule has 0 aliphatic heterocycles. The van der Waals surface area contributed by atoms with Crippen molar-refractivity contribution in [2.45, 2.75) is 30.2 Å². The average molecular weight is 278 g/mol. The second-order valence-corrected chi connectivity index (χ2v) is 7.42. The van der Waals surface area contributed by atoms with Gasteiger partial charge in [-0.05, 0) is 32.2 Å². The van der Waals surface area contributed by atoms with E-state index in [-0.39, 0.29) is 16.4 Å². The van der Waals surface area contributed by atoms with Gasteiger partial charge >= 0.3 is 0 Å². The van der Waals surface area contributed by atoms with Gasteiger partial charge in [-0.2, -0.15) is 11.8 Å². The largest absolute Gasteiger partial charge is 0.447 e. The van der Waals surface area contributed by atoms with E-state index >= 15 is 0 Å². The van der Waals surface area contributed by atoms with Gasteiger partial charge in [-0.3, -0.25) is 0 Å². The van der Waals surface area contributed by atoms with Gasteiger partial charge in [-0.1, -0.05) is 0 Å². The molecule has 98 valence electrons. The molecule has 17 heavy (non-hydrogen) atoms. The molecular weight excluding hydrogens is 260 g/mol. The fraction of sp³-hybridized carbons (Fsp3) is 0.600. The minimum atomic E-state index is -3.58. The lowest BCUT2D eigenvalue weighted by molar-refractivity contribution is 0.412. The minimum absolute atomic E-state index is 0.0881. The lowest BCUT2D eigenvalue weighted by Crippen LogP contribution is -2.35. The molecule has 0 aromatic carbocycles. The summed E-state index contributed by atoms with van der Waals surface area (Å²) in [5, 5.41) is -0.0881. The molecule has 0 saturated carbocycles. The number of furan rings is 1. The van der Waals surface area contributed by atoms with Crippen molar-refractivity contribution >= 4 is 21.8 Å². The number of rotatable bonds is 6. The molecule has 5 nitrogen and oxygen atoms in total. The van der Waals surface area contributed by atoms with E-state index in [1.807, 2.05) is 20.1 Å². The fourth-order valence-electron chi connectivity index (χ4n) is 1.02. The predicted octanol–water partition coefficient (Wildman–Crippen LogP) is 1.16. The van der Waals surface area contributed by atoms with Crippen LogP contribution in [0.2, 0.25) is 0 Å². The number of hydrogen-bond acceptors (Lipinski definition) is 5. The topological polar surface area (TPSA) is 85.3 Å². The second-order valence-electron chi connectivity index (χ2n) is 4.21. The van der Waals surface area contributed by atoms with Crippen LogP contribution in [0.1, 0.15) is 19.6 Å². The zero-order chi connectivity index (χ0) is 13.1. The van der Waals surface area contributed by atoms with Crippen molar-refractivity contribution < 1.29 is 12.8 Å².